The quantitative estimate of drug-likeness (QED) is 0.698. The van der Waals surface area contributed by atoms with Crippen molar-refractivity contribution in [1.29, 1.82) is 0 Å². The fraction of sp³-hybridized carbons (Fsp3) is 0.875. The van der Waals surface area contributed by atoms with Crippen LogP contribution in [0.15, 0.2) is 0 Å². The van der Waals surface area contributed by atoms with Gasteiger partial charge in [0.1, 0.15) is 0 Å². The van der Waals surface area contributed by atoms with Gasteiger partial charge in [-0.1, -0.05) is 6.42 Å². The van der Waals surface area contributed by atoms with Crippen molar-refractivity contribution in [2.24, 2.45) is 0 Å². The number of halogens is 3. The first-order valence-electron chi connectivity index (χ1n) is 4.71. The van der Waals surface area contributed by atoms with Crippen molar-refractivity contribution in [3.05, 3.63) is 0 Å². The van der Waals surface area contributed by atoms with Crippen LogP contribution in [0.4, 0.5) is 13.2 Å². The summed E-state index contributed by atoms with van der Waals surface area (Å²) in [5.74, 6) is -0.543. The average Bonchev–Trinajstić information content (AvgIpc) is 2.17. The lowest BCUT2D eigenvalue weighted by molar-refractivity contribution is -0.192. The van der Waals surface area contributed by atoms with E-state index in [0.29, 0.717) is 13.0 Å². The summed E-state index contributed by atoms with van der Waals surface area (Å²) >= 11 is 0. The Morgan fingerprint density at radius 3 is 2.73 bits per heavy atom. The monoisotopic (exact) mass is 226 g/mol. The number of rotatable bonds is 3. The maximum atomic E-state index is 11.7. The number of hydroxylamine groups is 1. The van der Waals surface area contributed by atoms with E-state index in [9.17, 15) is 18.0 Å². The minimum absolute atomic E-state index is 0.438. The highest BCUT2D eigenvalue weighted by Crippen LogP contribution is 2.13. The number of nitrogens with one attached hydrogen (secondary N) is 2. The lowest BCUT2D eigenvalue weighted by atomic mass is 10.1. The van der Waals surface area contributed by atoms with Crippen molar-refractivity contribution in [3.63, 3.8) is 0 Å². The zero-order valence-electron chi connectivity index (χ0n) is 8.06. The molecule has 0 saturated carbocycles. The topological polar surface area (TPSA) is 50.4 Å². The molecule has 0 aromatic heterocycles. The van der Waals surface area contributed by atoms with Gasteiger partial charge in [-0.05, 0) is 19.4 Å². The second-order valence-corrected chi connectivity index (χ2v) is 3.37. The van der Waals surface area contributed by atoms with Crippen molar-refractivity contribution < 1.29 is 22.8 Å². The molecule has 1 fully saturated rings. The van der Waals surface area contributed by atoms with Gasteiger partial charge in [0, 0.05) is 0 Å². The van der Waals surface area contributed by atoms with E-state index in [1.54, 1.807) is 5.48 Å². The van der Waals surface area contributed by atoms with Gasteiger partial charge in [-0.15, -0.1) is 0 Å². The van der Waals surface area contributed by atoms with Crippen molar-refractivity contribution in [2.45, 2.75) is 31.5 Å². The summed E-state index contributed by atoms with van der Waals surface area (Å²) in [6.45, 7) is -0.761. The summed E-state index contributed by atoms with van der Waals surface area (Å²) in [5, 5.41) is 2.89. The Kier molecular flexibility index (Phi) is 4.34. The standard InChI is InChI=1S/C8H13F3N2O2/c9-8(10,11)5-15-13-7(14)6-3-1-2-4-12-6/h6,12H,1-5H2,(H,13,14)/t6-/m0/s1. The van der Waals surface area contributed by atoms with Gasteiger partial charge in [0.05, 0.1) is 6.04 Å². The van der Waals surface area contributed by atoms with E-state index >= 15 is 0 Å². The van der Waals surface area contributed by atoms with Gasteiger partial charge >= 0.3 is 6.18 Å². The number of alkyl halides is 3. The highest BCUT2D eigenvalue weighted by molar-refractivity contribution is 5.80. The van der Waals surface area contributed by atoms with Crippen LogP contribution < -0.4 is 10.8 Å². The first-order valence-corrected chi connectivity index (χ1v) is 4.71. The zero-order valence-corrected chi connectivity index (χ0v) is 8.06. The third-order valence-corrected chi connectivity index (χ3v) is 2.04. The maximum absolute atomic E-state index is 11.7. The molecule has 7 heteroatoms. The molecule has 4 nitrogen and oxygen atoms in total. The Bertz CT molecular complexity index is 214. The number of amides is 1. The summed E-state index contributed by atoms with van der Waals surface area (Å²) < 4.78 is 35.0. The normalized spacial score (nSPS) is 22.5. The Hall–Kier alpha value is -0.820. The first-order chi connectivity index (χ1) is 6.99. The molecule has 0 aromatic carbocycles. The Morgan fingerprint density at radius 1 is 1.47 bits per heavy atom. The molecule has 2 N–H and O–H groups in total. The van der Waals surface area contributed by atoms with Crippen LogP contribution in [0, 0.1) is 0 Å². The molecule has 1 amide bonds. The molecule has 1 aliphatic rings. The zero-order chi connectivity index (χ0) is 11.3. The molecule has 0 aliphatic carbocycles. The van der Waals surface area contributed by atoms with E-state index in [2.05, 4.69) is 10.2 Å². The van der Waals surface area contributed by atoms with Crippen LogP contribution >= 0.6 is 0 Å². The molecule has 88 valence electrons. The minimum Gasteiger partial charge on any atom is -0.306 e. The number of hydrogen-bond acceptors (Lipinski definition) is 3. The smallest absolute Gasteiger partial charge is 0.306 e. The van der Waals surface area contributed by atoms with Crippen LogP contribution in [0.3, 0.4) is 0 Å². The van der Waals surface area contributed by atoms with E-state index in [4.69, 9.17) is 0 Å². The van der Waals surface area contributed by atoms with Crippen molar-refractivity contribution in [2.75, 3.05) is 13.2 Å². The number of carbonyl (C=O) groups excluding carboxylic acids is 1. The van der Waals surface area contributed by atoms with Crippen LogP contribution in [0.1, 0.15) is 19.3 Å². The predicted octanol–water partition coefficient (Wildman–Crippen LogP) is 0.739. The van der Waals surface area contributed by atoms with Crippen LogP contribution in [0.5, 0.6) is 0 Å². The first kappa shape index (κ1) is 12.3. The van der Waals surface area contributed by atoms with Crippen LogP contribution in [-0.4, -0.2) is 31.3 Å². The van der Waals surface area contributed by atoms with Gasteiger partial charge in [-0.25, -0.2) is 5.48 Å². The van der Waals surface area contributed by atoms with Gasteiger partial charge in [0.15, 0.2) is 6.61 Å². The van der Waals surface area contributed by atoms with E-state index in [0.717, 1.165) is 12.8 Å². The van der Waals surface area contributed by atoms with Crippen LogP contribution in [-0.2, 0) is 9.63 Å². The van der Waals surface area contributed by atoms with Crippen LogP contribution in [0.2, 0.25) is 0 Å². The third-order valence-electron chi connectivity index (χ3n) is 2.04. The van der Waals surface area contributed by atoms with Gasteiger partial charge in [-0.3, -0.25) is 9.63 Å². The largest absolute Gasteiger partial charge is 0.414 e. The van der Waals surface area contributed by atoms with Gasteiger partial charge < -0.3 is 5.32 Å². The summed E-state index contributed by atoms with van der Waals surface area (Å²) in [4.78, 5) is 15.3. The molecule has 1 aliphatic heterocycles. The molecule has 1 rings (SSSR count). The van der Waals surface area contributed by atoms with Gasteiger partial charge in [0.25, 0.3) is 5.91 Å². The Balaban J connectivity index is 2.17. The van der Waals surface area contributed by atoms with Crippen molar-refractivity contribution >= 4 is 5.91 Å². The second-order valence-electron chi connectivity index (χ2n) is 3.37. The maximum Gasteiger partial charge on any atom is 0.414 e. The molecule has 1 heterocycles. The summed E-state index contributed by atoms with van der Waals surface area (Å²) in [6, 6.07) is -0.438. The molecule has 0 radical (unpaired) electrons. The predicted molar refractivity (Wildman–Crippen MR) is 45.8 cm³/mol. The SMILES string of the molecule is O=C(NOCC(F)(F)F)[C@@H]1CCCCN1. The van der Waals surface area contributed by atoms with Crippen molar-refractivity contribution in [3.8, 4) is 0 Å². The Morgan fingerprint density at radius 2 is 2.20 bits per heavy atom. The molecular formula is C8H13F3N2O2. The molecule has 0 bridgehead atoms. The lowest BCUT2D eigenvalue weighted by Gasteiger charge is -2.22. The van der Waals surface area contributed by atoms with E-state index in [-0.39, 0.29) is 0 Å². The van der Waals surface area contributed by atoms with Gasteiger partial charge in [-0.2, -0.15) is 13.2 Å². The fourth-order valence-corrected chi connectivity index (χ4v) is 1.34. The number of hydrogen-bond donors (Lipinski definition) is 2. The van der Waals surface area contributed by atoms with Crippen molar-refractivity contribution in [1.82, 2.24) is 10.8 Å². The summed E-state index contributed by atoms with van der Waals surface area (Å²) in [6.07, 6.45) is -1.92. The molecule has 15 heavy (non-hydrogen) atoms. The molecule has 0 spiro atoms. The number of carbonyl (C=O) groups is 1. The number of piperidine rings is 1. The molecular weight excluding hydrogens is 213 g/mol. The summed E-state index contributed by atoms with van der Waals surface area (Å²) in [5.41, 5.74) is 1.79. The van der Waals surface area contributed by atoms with E-state index in [1.165, 1.54) is 0 Å². The molecule has 1 atom stereocenters. The van der Waals surface area contributed by atoms with Gasteiger partial charge in [0.2, 0.25) is 0 Å². The highest BCUT2D eigenvalue weighted by atomic mass is 19.4. The van der Waals surface area contributed by atoms with E-state index < -0.39 is 24.7 Å². The highest BCUT2D eigenvalue weighted by Gasteiger charge is 2.29. The third kappa shape index (κ3) is 4.98. The lowest BCUT2D eigenvalue weighted by Crippen LogP contribution is -2.47. The minimum atomic E-state index is -4.42. The second kappa shape index (κ2) is 5.32. The molecule has 0 aromatic rings. The molecule has 0 unspecified atom stereocenters. The average molecular weight is 226 g/mol. The van der Waals surface area contributed by atoms with Crippen LogP contribution in [0.25, 0.3) is 0 Å². The fourth-order valence-electron chi connectivity index (χ4n) is 1.34. The Labute approximate surface area is 85.1 Å². The van der Waals surface area contributed by atoms with E-state index in [1.807, 2.05) is 0 Å². The summed E-state index contributed by atoms with van der Waals surface area (Å²) in [7, 11) is 0. The molecule has 1 saturated heterocycles.